The van der Waals surface area contributed by atoms with Crippen molar-refractivity contribution in [1.29, 1.82) is 0 Å². The standard InChI is InChI=1S/C21H18N4O4/c26-21(22-11-5-10-19-20(25(27)28)24-13-23-19)29-12-18-16-8-3-1-6-14(16)15-7-2-4-9-17(15)18/h1-10,13,18H,11-12H2,(H,22,26)(H,23,24). The van der Waals surface area contributed by atoms with Crippen LogP contribution in [0.4, 0.5) is 10.6 Å². The third kappa shape index (κ3) is 3.73. The van der Waals surface area contributed by atoms with Crippen molar-refractivity contribution in [2.24, 2.45) is 0 Å². The van der Waals surface area contributed by atoms with Gasteiger partial charge in [0.25, 0.3) is 0 Å². The zero-order chi connectivity index (χ0) is 20.2. The molecular weight excluding hydrogens is 372 g/mol. The molecule has 1 amide bonds. The van der Waals surface area contributed by atoms with E-state index in [2.05, 4.69) is 39.6 Å². The van der Waals surface area contributed by atoms with E-state index >= 15 is 0 Å². The van der Waals surface area contributed by atoms with Crippen LogP contribution < -0.4 is 5.32 Å². The van der Waals surface area contributed by atoms with Crippen LogP contribution in [-0.4, -0.2) is 34.1 Å². The van der Waals surface area contributed by atoms with E-state index in [0.29, 0.717) is 0 Å². The number of imidazole rings is 1. The number of carbonyl (C=O) groups excluding carboxylic acids is 1. The minimum absolute atomic E-state index is 0.00426. The van der Waals surface area contributed by atoms with E-state index in [4.69, 9.17) is 4.74 Å². The van der Waals surface area contributed by atoms with Crippen LogP contribution in [0.3, 0.4) is 0 Å². The normalized spacial score (nSPS) is 12.6. The van der Waals surface area contributed by atoms with Crippen molar-refractivity contribution >= 4 is 18.0 Å². The van der Waals surface area contributed by atoms with Gasteiger partial charge in [-0.2, -0.15) is 0 Å². The lowest BCUT2D eigenvalue weighted by molar-refractivity contribution is -0.389. The molecule has 3 aromatic rings. The summed E-state index contributed by atoms with van der Waals surface area (Å²) in [5.41, 5.74) is 4.82. The van der Waals surface area contributed by atoms with Gasteiger partial charge >= 0.3 is 11.9 Å². The maximum absolute atomic E-state index is 12.1. The Bertz CT molecular complexity index is 1040. The summed E-state index contributed by atoms with van der Waals surface area (Å²) in [5, 5.41) is 13.4. The Morgan fingerprint density at radius 1 is 1.17 bits per heavy atom. The molecule has 2 aromatic carbocycles. The molecule has 1 aliphatic carbocycles. The summed E-state index contributed by atoms with van der Waals surface area (Å²) in [4.78, 5) is 28.6. The Hall–Kier alpha value is -3.94. The lowest BCUT2D eigenvalue weighted by Gasteiger charge is -2.14. The number of hydrogen-bond donors (Lipinski definition) is 2. The molecular formula is C21H18N4O4. The number of carbonyl (C=O) groups is 1. The van der Waals surface area contributed by atoms with Crippen LogP contribution >= 0.6 is 0 Å². The molecule has 0 saturated carbocycles. The second-order valence-corrected chi connectivity index (χ2v) is 6.50. The summed E-state index contributed by atoms with van der Waals surface area (Å²) in [7, 11) is 0. The van der Waals surface area contributed by atoms with E-state index < -0.39 is 11.0 Å². The van der Waals surface area contributed by atoms with Gasteiger partial charge in [0, 0.05) is 12.5 Å². The van der Waals surface area contributed by atoms with Crippen molar-refractivity contribution in [3.05, 3.63) is 87.9 Å². The number of ether oxygens (including phenoxy) is 1. The number of nitrogens with zero attached hydrogens (tertiary/aromatic N) is 2. The van der Waals surface area contributed by atoms with Crippen LogP contribution in [0.2, 0.25) is 0 Å². The van der Waals surface area contributed by atoms with Gasteiger partial charge in [-0.15, -0.1) is 0 Å². The summed E-state index contributed by atoms with van der Waals surface area (Å²) in [5.74, 6) is -0.196. The summed E-state index contributed by atoms with van der Waals surface area (Å²) in [6.45, 7) is 0.398. The molecule has 0 fully saturated rings. The zero-order valence-electron chi connectivity index (χ0n) is 15.4. The molecule has 146 valence electrons. The highest BCUT2D eigenvalue weighted by Crippen LogP contribution is 2.44. The number of fused-ring (bicyclic) bond motifs is 3. The Morgan fingerprint density at radius 3 is 2.48 bits per heavy atom. The van der Waals surface area contributed by atoms with Gasteiger partial charge in [-0.05, 0) is 33.3 Å². The molecule has 1 aliphatic rings. The SMILES string of the molecule is O=C(NCC=Cc1nc[nH]c1[N+](=O)[O-])OCC1c2ccccc2-c2ccccc21. The first-order valence-corrected chi connectivity index (χ1v) is 9.08. The number of amides is 1. The number of nitro groups is 1. The number of rotatable bonds is 6. The van der Waals surface area contributed by atoms with Crippen molar-refractivity contribution in [1.82, 2.24) is 15.3 Å². The van der Waals surface area contributed by atoms with Gasteiger partial charge in [-0.1, -0.05) is 54.6 Å². The molecule has 1 heterocycles. The summed E-state index contributed by atoms with van der Waals surface area (Å²) in [6.07, 6.45) is 3.74. The van der Waals surface area contributed by atoms with Crippen molar-refractivity contribution in [2.45, 2.75) is 5.92 Å². The molecule has 2 N–H and O–H groups in total. The first kappa shape index (κ1) is 18.4. The van der Waals surface area contributed by atoms with E-state index in [9.17, 15) is 14.9 Å². The average molecular weight is 390 g/mol. The fourth-order valence-electron chi connectivity index (χ4n) is 3.53. The molecule has 0 saturated heterocycles. The van der Waals surface area contributed by atoms with Gasteiger partial charge in [-0.3, -0.25) is 0 Å². The number of alkyl carbamates (subject to hydrolysis) is 1. The number of aromatic amines is 1. The van der Waals surface area contributed by atoms with Crippen molar-refractivity contribution in [3.8, 4) is 11.1 Å². The Kier molecular flexibility index (Phi) is 5.07. The molecule has 29 heavy (non-hydrogen) atoms. The Morgan fingerprint density at radius 2 is 1.83 bits per heavy atom. The van der Waals surface area contributed by atoms with Gasteiger partial charge in [0.05, 0.1) is 0 Å². The lowest BCUT2D eigenvalue weighted by atomic mass is 9.98. The monoisotopic (exact) mass is 390 g/mol. The van der Waals surface area contributed by atoms with Crippen molar-refractivity contribution in [2.75, 3.05) is 13.2 Å². The minimum atomic E-state index is -0.550. The Balaban J connectivity index is 1.34. The number of aromatic nitrogens is 2. The fraction of sp³-hybridized carbons (Fsp3) is 0.143. The molecule has 0 radical (unpaired) electrons. The van der Waals surface area contributed by atoms with E-state index in [1.165, 1.54) is 23.5 Å². The second kappa shape index (κ2) is 7.97. The van der Waals surface area contributed by atoms with Gasteiger partial charge < -0.3 is 20.2 Å². The number of benzene rings is 2. The number of H-pyrrole nitrogens is 1. The number of hydrogen-bond acceptors (Lipinski definition) is 5. The Labute approximate surface area is 166 Å². The van der Waals surface area contributed by atoms with Crippen LogP contribution in [0.1, 0.15) is 22.7 Å². The van der Waals surface area contributed by atoms with Crippen molar-refractivity contribution in [3.63, 3.8) is 0 Å². The van der Waals surface area contributed by atoms with E-state index in [0.717, 1.165) is 11.1 Å². The summed E-state index contributed by atoms with van der Waals surface area (Å²) >= 11 is 0. The van der Waals surface area contributed by atoms with Gasteiger partial charge in [0.15, 0.2) is 12.0 Å². The summed E-state index contributed by atoms with van der Waals surface area (Å²) < 4.78 is 5.42. The van der Waals surface area contributed by atoms with Crippen LogP contribution in [0.15, 0.2) is 60.9 Å². The molecule has 8 nitrogen and oxygen atoms in total. The molecule has 0 bridgehead atoms. The van der Waals surface area contributed by atoms with Crippen LogP contribution in [0.25, 0.3) is 17.2 Å². The highest BCUT2D eigenvalue weighted by Gasteiger charge is 2.28. The van der Waals surface area contributed by atoms with E-state index in [1.54, 1.807) is 6.08 Å². The first-order chi connectivity index (χ1) is 14.1. The maximum Gasteiger partial charge on any atom is 0.407 e. The second-order valence-electron chi connectivity index (χ2n) is 6.50. The van der Waals surface area contributed by atoms with Crippen LogP contribution in [0.5, 0.6) is 0 Å². The highest BCUT2D eigenvalue weighted by atomic mass is 16.6. The van der Waals surface area contributed by atoms with Gasteiger partial charge in [-0.25, -0.2) is 14.8 Å². The first-order valence-electron chi connectivity index (χ1n) is 9.08. The largest absolute Gasteiger partial charge is 0.449 e. The quantitative estimate of drug-likeness (QED) is 0.490. The molecule has 8 heteroatoms. The summed E-state index contributed by atoms with van der Waals surface area (Å²) in [6, 6.07) is 16.2. The number of nitrogens with one attached hydrogen (secondary N) is 2. The molecule has 4 rings (SSSR count). The fourth-order valence-corrected chi connectivity index (χ4v) is 3.53. The topological polar surface area (TPSA) is 110 Å². The smallest absolute Gasteiger partial charge is 0.407 e. The van der Waals surface area contributed by atoms with Crippen molar-refractivity contribution < 1.29 is 14.5 Å². The highest BCUT2D eigenvalue weighted by molar-refractivity contribution is 5.79. The van der Waals surface area contributed by atoms with Crippen LogP contribution in [-0.2, 0) is 4.74 Å². The molecule has 0 aliphatic heterocycles. The molecule has 0 unspecified atom stereocenters. The molecule has 0 spiro atoms. The van der Waals surface area contributed by atoms with E-state index in [1.807, 2.05) is 24.3 Å². The van der Waals surface area contributed by atoms with Crippen LogP contribution in [0, 0.1) is 10.1 Å². The third-order valence-corrected chi connectivity index (χ3v) is 4.81. The molecule has 0 atom stereocenters. The van der Waals surface area contributed by atoms with Gasteiger partial charge in [0.2, 0.25) is 0 Å². The van der Waals surface area contributed by atoms with Gasteiger partial charge in [0.1, 0.15) is 6.61 Å². The lowest BCUT2D eigenvalue weighted by Crippen LogP contribution is -2.26. The molecule has 1 aromatic heterocycles. The van der Waals surface area contributed by atoms with E-state index in [-0.39, 0.29) is 30.6 Å². The minimum Gasteiger partial charge on any atom is -0.449 e. The maximum atomic E-state index is 12.1. The predicted molar refractivity (Wildman–Crippen MR) is 107 cm³/mol. The zero-order valence-corrected chi connectivity index (χ0v) is 15.4. The predicted octanol–water partition coefficient (Wildman–Crippen LogP) is 3.87. The third-order valence-electron chi connectivity index (χ3n) is 4.81. The average Bonchev–Trinajstić information content (AvgIpc) is 3.33.